The Hall–Kier alpha value is -3.26. The summed E-state index contributed by atoms with van der Waals surface area (Å²) in [4.78, 5) is 25.3. The van der Waals surface area contributed by atoms with Gasteiger partial charge in [-0.3, -0.25) is 4.79 Å². The zero-order valence-electron chi connectivity index (χ0n) is 35.5. The number of benzene rings is 1. The third-order valence-corrected chi connectivity index (χ3v) is 10.8. The molecular weight excluding hydrogens is 723 g/mol. The van der Waals surface area contributed by atoms with E-state index in [1.807, 2.05) is 12.2 Å². The topological polar surface area (TPSA) is 82.1 Å². The van der Waals surface area contributed by atoms with Gasteiger partial charge >= 0.3 is 11.9 Å². The van der Waals surface area contributed by atoms with Gasteiger partial charge in [0.15, 0.2) is 6.61 Å². The standard InChI is InChI=1S/C49H76F2O6/c1-4-6-8-10-12-13-14-15-16-17-18-19-23-30-38-55-47(53)35-29-22-21-28-34-44-43(36-37-49(50,51)40-56-42-32-26-24-27-33-42)45(52)39-46(44)57-48(54)41(3)31-25-20-11-9-7-5-2/h13-14,21,24,26-28,32-33,36-37,43-46,52H,3-12,15-20,22-23,25,29-31,34-35,38-40H2,1-2H3/b14-13-,28-21-,37-36+/t43-,44-,45-,46+/m1/s1. The Morgan fingerprint density at radius 3 is 2.04 bits per heavy atom. The zero-order valence-corrected chi connectivity index (χ0v) is 35.5. The van der Waals surface area contributed by atoms with Gasteiger partial charge in [0.2, 0.25) is 0 Å². The van der Waals surface area contributed by atoms with E-state index in [1.54, 1.807) is 30.3 Å². The second-order valence-electron chi connectivity index (χ2n) is 15.9. The van der Waals surface area contributed by atoms with Crippen molar-refractivity contribution in [3.63, 3.8) is 0 Å². The number of aliphatic hydroxyl groups is 1. The van der Waals surface area contributed by atoms with Crippen molar-refractivity contribution in [3.05, 3.63) is 78.9 Å². The number of para-hydroxylation sites is 1. The molecule has 4 atom stereocenters. The van der Waals surface area contributed by atoms with Crippen LogP contribution in [0.4, 0.5) is 8.78 Å². The van der Waals surface area contributed by atoms with Crippen LogP contribution >= 0.6 is 0 Å². The molecule has 1 saturated carbocycles. The minimum Gasteiger partial charge on any atom is -0.487 e. The second-order valence-corrected chi connectivity index (χ2v) is 15.9. The monoisotopic (exact) mass is 799 g/mol. The van der Waals surface area contributed by atoms with Crippen molar-refractivity contribution in [2.75, 3.05) is 13.2 Å². The molecule has 322 valence electrons. The number of alkyl halides is 2. The Bertz CT molecular complexity index is 1290. The second kappa shape index (κ2) is 31.7. The highest BCUT2D eigenvalue weighted by molar-refractivity contribution is 5.87. The van der Waals surface area contributed by atoms with Crippen LogP contribution in [0, 0.1) is 11.8 Å². The highest BCUT2D eigenvalue weighted by atomic mass is 19.3. The van der Waals surface area contributed by atoms with Gasteiger partial charge in [0, 0.05) is 30.3 Å². The molecular formula is C49H76F2O6. The van der Waals surface area contributed by atoms with Crippen LogP contribution in [-0.2, 0) is 19.1 Å². The van der Waals surface area contributed by atoms with Gasteiger partial charge in [-0.05, 0) is 82.4 Å². The normalized spacial score (nSPS) is 18.5. The summed E-state index contributed by atoms with van der Waals surface area (Å²) in [7, 11) is 0. The largest absolute Gasteiger partial charge is 0.487 e. The van der Waals surface area contributed by atoms with Crippen molar-refractivity contribution in [2.24, 2.45) is 11.8 Å². The number of hydrogen-bond acceptors (Lipinski definition) is 6. The van der Waals surface area contributed by atoms with Gasteiger partial charge in [0.25, 0.3) is 5.92 Å². The molecule has 1 aromatic rings. The van der Waals surface area contributed by atoms with Gasteiger partial charge < -0.3 is 19.3 Å². The van der Waals surface area contributed by atoms with Crippen molar-refractivity contribution < 1.29 is 37.7 Å². The molecule has 1 fully saturated rings. The number of halogens is 2. The summed E-state index contributed by atoms with van der Waals surface area (Å²) in [6, 6.07) is 8.44. The fourth-order valence-corrected chi connectivity index (χ4v) is 7.25. The third kappa shape index (κ3) is 24.3. The number of hydrogen-bond donors (Lipinski definition) is 1. The molecule has 0 spiro atoms. The van der Waals surface area contributed by atoms with Gasteiger partial charge in [-0.2, -0.15) is 8.78 Å². The molecule has 0 aromatic heterocycles. The van der Waals surface area contributed by atoms with E-state index in [4.69, 9.17) is 14.2 Å². The Kier molecular flexibility index (Phi) is 27.7. The lowest BCUT2D eigenvalue weighted by Crippen LogP contribution is -2.27. The molecule has 0 unspecified atom stereocenters. The van der Waals surface area contributed by atoms with Crippen LogP contribution < -0.4 is 4.74 Å². The maximum absolute atomic E-state index is 14.9. The summed E-state index contributed by atoms with van der Waals surface area (Å²) in [5.74, 6) is -4.67. The lowest BCUT2D eigenvalue weighted by molar-refractivity contribution is -0.146. The first kappa shape index (κ1) is 49.9. The van der Waals surface area contributed by atoms with E-state index in [1.165, 1.54) is 83.1 Å². The number of carbonyl (C=O) groups excluding carboxylic acids is 2. The summed E-state index contributed by atoms with van der Waals surface area (Å²) >= 11 is 0. The molecule has 0 saturated heterocycles. The third-order valence-electron chi connectivity index (χ3n) is 10.8. The van der Waals surface area contributed by atoms with Crippen molar-refractivity contribution >= 4 is 11.9 Å². The summed E-state index contributed by atoms with van der Waals surface area (Å²) < 4.78 is 46.4. The number of unbranched alkanes of at least 4 members (excludes halogenated alkanes) is 16. The van der Waals surface area contributed by atoms with Crippen LogP contribution in [0.5, 0.6) is 5.75 Å². The van der Waals surface area contributed by atoms with E-state index in [9.17, 15) is 23.5 Å². The smallest absolute Gasteiger partial charge is 0.333 e. The molecule has 57 heavy (non-hydrogen) atoms. The first-order valence-electron chi connectivity index (χ1n) is 22.4. The Labute approximate surface area is 344 Å². The summed E-state index contributed by atoms with van der Waals surface area (Å²) in [5, 5.41) is 11.0. The number of esters is 2. The number of aliphatic hydroxyl groups excluding tert-OH is 1. The van der Waals surface area contributed by atoms with Gasteiger partial charge in [-0.25, -0.2) is 4.79 Å². The molecule has 0 bridgehead atoms. The van der Waals surface area contributed by atoms with Crippen molar-refractivity contribution in [3.8, 4) is 5.75 Å². The molecule has 1 aromatic carbocycles. The average Bonchev–Trinajstić information content (AvgIpc) is 3.50. The van der Waals surface area contributed by atoms with Crippen LogP contribution in [0.1, 0.15) is 168 Å². The van der Waals surface area contributed by atoms with Crippen LogP contribution in [0.25, 0.3) is 0 Å². The van der Waals surface area contributed by atoms with Gasteiger partial charge in [0.1, 0.15) is 11.9 Å². The fourth-order valence-electron chi connectivity index (χ4n) is 7.25. The maximum atomic E-state index is 14.9. The highest BCUT2D eigenvalue weighted by Crippen LogP contribution is 2.39. The molecule has 1 aliphatic carbocycles. The Balaban J connectivity index is 1.77. The van der Waals surface area contributed by atoms with Gasteiger partial charge in [0.05, 0.1) is 12.7 Å². The van der Waals surface area contributed by atoms with Crippen LogP contribution in [-0.4, -0.2) is 48.4 Å². The molecule has 6 nitrogen and oxygen atoms in total. The van der Waals surface area contributed by atoms with Crippen LogP contribution in [0.15, 0.2) is 78.9 Å². The molecule has 0 amide bonds. The van der Waals surface area contributed by atoms with Crippen LogP contribution in [0.2, 0.25) is 0 Å². The molecule has 0 aliphatic heterocycles. The first-order chi connectivity index (χ1) is 27.7. The number of carbonyl (C=O) groups is 2. The van der Waals surface area contributed by atoms with Crippen molar-refractivity contribution in [1.29, 1.82) is 0 Å². The van der Waals surface area contributed by atoms with E-state index in [2.05, 4.69) is 32.6 Å². The number of rotatable bonds is 34. The Morgan fingerprint density at radius 2 is 1.35 bits per heavy atom. The van der Waals surface area contributed by atoms with E-state index in [0.29, 0.717) is 50.0 Å². The first-order valence-corrected chi connectivity index (χ1v) is 22.4. The predicted molar refractivity (Wildman–Crippen MR) is 229 cm³/mol. The maximum Gasteiger partial charge on any atom is 0.333 e. The summed E-state index contributed by atoms with van der Waals surface area (Å²) in [5.41, 5.74) is 0.395. The predicted octanol–water partition coefficient (Wildman–Crippen LogP) is 13.4. The number of allylic oxidation sites excluding steroid dienone is 4. The van der Waals surface area contributed by atoms with Crippen molar-refractivity contribution in [1.82, 2.24) is 0 Å². The van der Waals surface area contributed by atoms with Gasteiger partial charge in [-0.15, -0.1) is 0 Å². The van der Waals surface area contributed by atoms with Gasteiger partial charge in [-0.1, -0.05) is 146 Å². The quantitative estimate of drug-likeness (QED) is 0.0324. The number of ether oxygens (including phenoxy) is 3. The fraction of sp³-hybridized carbons (Fsp3) is 0.673. The van der Waals surface area contributed by atoms with E-state index in [0.717, 1.165) is 44.6 Å². The average molecular weight is 799 g/mol. The minimum atomic E-state index is -3.27. The molecule has 2 rings (SSSR count). The van der Waals surface area contributed by atoms with E-state index in [-0.39, 0.29) is 12.4 Å². The Morgan fingerprint density at radius 1 is 0.772 bits per heavy atom. The summed E-state index contributed by atoms with van der Waals surface area (Å²) in [6.07, 6.45) is 32.8. The van der Waals surface area contributed by atoms with Crippen LogP contribution in [0.3, 0.4) is 0 Å². The SMILES string of the molecule is C=C(CCCCCCCC)C(=O)O[C@H]1C[C@@H](O)[C@H](/C=C/C(F)(F)COc2ccccc2)[C@H]1C/C=C\CCCC(=O)OCCCCCCCC/C=C\CCCCCC. The molecule has 1 aliphatic rings. The molecule has 0 heterocycles. The molecule has 8 heteroatoms. The zero-order chi connectivity index (χ0) is 41.4. The highest BCUT2D eigenvalue weighted by Gasteiger charge is 2.43. The lowest BCUT2D eigenvalue weighted by Gasteiger charge is -2.23. The van der Waals surface area contributed by atoms with E-state index >= 15 is 0 Å². The molecule has 0 radical (unpaired) electrons. The minimum absolute atomic E-state index is 0.151. The summed E-state index contributed by atoms with van der Waals surface area (Å²) in [6.45, 7) is 7.99. The van der Waals surface area contributed by atoms with Crippen molar-refractivity contribution in [2.45, 2.75) is 186 Å². The molecule has 1 N–H and O–H groups in total. The van der Waals surface area contributed by atoms with E-state index < -0.39 is 42.5 Å². The lowest BCUT2D eigenvalue weighted by atomic mass is 9.89.